The quantitative estimate of drug-likeness (QED) is 0.892. The van der Waals surface area contributed by atoms with Gasteiger partial charge in [0.1, 0.15) is 5.75 Å². The van der Waals surface area contributed by atoms with Gasteiger partial charge >= 0.3 is 0 Å². The maximum Gasteiger partial charge on any atom is 0.228 e. The average molecular weight is 367 g/mol. The number of nitrogens with zero attached hydrogens (tertiary/aromatic N) is 4. The van der Waals surface area contributed by atoms with E-state index in [4.69, 9.17) is 4.74 Å². The summed E-state index contributed by atoms with van der Waals surface area (Å²) in [5.41, 5.74) is 0. The van der Waals surface area contributed by atoms with Gasteiger partial charge in [-0.3, -0.25) is 9.69 Å². The third kappa shape index (κ3) is 4.54. The molecule has 3 heterocycles. The molecule has 2 aliphatic rings. The number of anilines is 1. The minimum Gasteiger partial charge on any atom is -0.439 e. The fourth-order valence-electron chi connectivity index (χ4n) is 3.71. The molecule has 27 heavy (non-hydrogen) atoms. The number of piperazine rings is 1. The number of amides is 1. The summed E-state index contributed by atoms with van der Waals surface area (Å²) in [5.74, 6) is 2.21. The van der Waals surface area contributed by atoms with Gasteiger partial charge in [-0.25, -0.2) is 4.98 Å². The zero-order valence-electron chi connectivity index (χ0n) is 15.4. The molecule has 142 valence electrons. The van der Waals surface area contributed by atoms with Crippen LogP contribution in [0.2, 0.25) is 0 Å². The van der Waals surface area contributed by atoms with Crippen LogP contribution in [0.15, 0.2) is 42.6 Å². The van der Waals surface area contributed by atoms with Crippen LogP contribution in [0.3, 0.4) is 0 Å². The maximum atomic E-state index is 11.5. The van der Waals surface area contributed by atoms with Crippen LogP contribution >= 0.6 is 0 Å². The Kier molecular flexibility index (Phi) is 5.48. The number of carbonyl (C=O) groups is 1. The fraction of sp³-hybridized carbons (Fsp3) is 0.450. The third-order valence-corrected chi connectivity index (χ3v) is 5.20. The number of para-hydroxylation sites is 1. The van der Waals surface area contributed by atoms with Crippen molar-refractivity contribution in [1.29, 1.82) is 0 Å². The van der Waals surface area contributed by atoms with Gasteiger partial charge in [0, 0.05) is 57.4 Å². The minimum atomic E-state index is 0.180. The smallest absolute Gasteiger partial charge is 0.228 e. The number of hydrogen-bond acceptors (Lipinski definition) is 6. The van der Waals surface area contributed by atoms with Crippen LogP contribution in [0.5, 0.6) is 11.6 Å². The summed E-state index contributed by atoms with van der Waals surface area (Å²) in [6, 6.07) is 11.9. The summed E-state index contributed by atoms with van der Waals surface area (Å²) >= 11 is 0. The summed E-state index contributed by atoms with van der Waals surface area (Å²) in [6.07, 6.45) is 4.35. The van der Waals surface area contributed by atoms with E-state index in [0.29, 0.717) is 24.3 Å². The maximum absolute atomic E-state index is 11.5. The van der Waals surface area contributed by atoms with Crippen molar-refractivity contribution in [2.75, 3.05) is 37.6 Å². The van der Waals surface area contributed by atoms with E-state index in [1.807, 2.05) is 30.3 Å². The van der Waals surface area contributed by atoms with Crippen molar-refractivity contribution in [2.24, 2.45) is 0 Å². The molecule has 0 unspecified atom stereocenters. The molecule has 2 aliphatic heterocycles. The molecule has 2 fully saturated rings. The van der Waals surface area contributed by atoms with Crippen LogP contribution in [0.1, 0.15) is 19.3 Å². The van der Waals surface area contributed by atoms with Crippen molar-refractivity contribution in [3.05, 3.63) is 42.6 Å². The van der Waals surface area contributed by atoms with E-state index >= 15 is 0 Å². The van der Waals surface area contributed by atoms with Gasteiger partial charge in [0.25, 0.3) is 0 Å². The average Bonchev–Trinajstić information content (AvgIpc) is 2.94. The van der Waals surface area contributed by atoms with Gasteiger partial charge in [-0.1, -0.05) is 18.2 Å². The van der Waals surface area contributed by atoms with Gasteiger partial charge in [0.15, 0.2) is 0 Å². The number of nitrogens with one attached hydrogen (secondary N) is 1. The SMILES string of the molecule is O=C1CC[C@H](N2CCN(c3nccc(Oc4ccccc4)n3)CC2)CCN1. The van der Waals surface area contributed by atoms with Gasteiger partial charge in [-0.05, 0) is 25.0 Å². The van der Waals surface area contributed by atoms with Crippen LogP contribution in [0.4, 0.5) is 5.95 Å². The second-order valence-electron chi connectivity index (χ2n) is 6.96. The van der Waals surface area contributed by atoms with Crippen molar-refractivity contribution in [1.82, 2.24) is 20.2 Å². The molecular weight excluding hydrogens is 342 g/mol. The molecule has 1 atom stereocenters. The van der Waals surface area contributed by atoms with E-state index in [2.05, 4.69) is 25.1 Å². The highest BCUT2D eigenvalue weighted by molar-refractivity contribution is 5.76. The predicted molar refractivity (Wildman–Crippen MR) is 103 cm³/mol. The van der Waals surface area contributed by atoms with Gasteiger partial charge in [-0.15, -0.1) is 0 Å². The van der Waals surface area contributed by atoms with Crippen LogP contribution < -0.4 is 15.0 Å². The van der Waals surface area contributed by atoms with Gasteiger partial charge < -0.3 is 15.0 Å². The largest absolute Gasteiger partial charge is 0.439 e. The molecule has 0 radical (unpaired) electrons. The lowest BCUT2D eigenvalue weighted by atomic mass is 10.1. The summed E-state index contributed by atoms with van der Waals surface area (Å²) in [7, 11) is 0. The fourth-order valence-corrected chi connectivity index (χ4v) is 3.71. The molecule has 2 saturated heterocycles. The number of rotatable bonds is 4. The summed E-state index contributed by atoms with van der Waals surface area (Å²) in [6.45, 7) is 4.48. The van der Waals surface area contributed by atoms with E-state index in [-0.39, 0.29) is 5.91 Å². The first-order valence-corrected chi connectivity index (χ1v) is 9.59. The van der Waals surface area contributed by atoms with Crippen molar-refractivity contribution in [3.63, 3.8) is 0 Å². The Morgan fingerprint density at radius 3 is 2.67 bits per heavy atom. The molecule has 1 N–H and O–H groups in total. The highest BCUT2D eigenvalue weighted by Crippen LogP contribution is 2.22. The molecule has 7 nitrogen and oxygen atoms in total. The first-order valence-electron chi connectivity index (χ1n) is 9.59. The topological polar surface area (TPSA) is 70.6 Å². The van der Waals surface area contributed by atoms with E-state index in [0.717, 1.165) is 51.3 Å². The number of benzene rings is 1. The first-order chi connectivity index (χ1) is 13.3. The van der Waals surface area contributed by atoms with Gasteiger partial charge in [0.2, 0.25) is 17.7 Å². The zero-order chi connectivity index (χ0) is 18.5. The van der Waals surface area contributed by atoms with Crippen molar-refractivity contribution >= 4 is 11.9 Å². The van der Waals surface area contributed by atoms with Gasteiger partial charge in [0.05, 0.1) is 0 Å². The van der Waals surface area contributed by atoms with Crippen molar-refractivity contribution < 1.29 is 9.53 Å². The lowest BCUT2D eigenvalue weighted by molar-refractivity contribution is -0.120. The number of ether oxygens (including phenoxy) is 1. The Hall–Kier alpha value is -2.67. The molecule has 0 saturated carbocycles. The Balaban J connectivity index is 1.35. The molecular formula is C20H25N5O2. The molecule has 2 aromatic rings. The first kappa shape index (κ1) is 17.7. The lowest BCUT2D eigenvalue weighted by Gasteiger charge is -2.39. The highest BCUT2D eigenvalue weighted by atomic mass is 16.5. The van der Waals surface area contributed by atoms with Crippen LogP contribution in [-0.4, -0.2) is 59.5 Å². The standard InChI is InChI=1S/C20H25N5O2/c26-18-7-6-16(8-10-21-18)24-12-14-25(15-13-24)20-22-11-9-19(23-20)27-17-4-2-1-3-5-17/h1-5,9,11,16H,6-8,10,12-15H2,(H,21,26)/t16-/m0/s1. The predicted octanol–water partition coefficient (Wildman–Crippen LogP) is 2.06. The normalized spacial score (nSPS) is 21.4. The Morgan fingerprint density at radius 1 is 1.04 bits per heavy atom. The molecule has 1 amide bonds. The third-order valence-electron chi connectivity index (χ3n) is 5.20. The minimum absolute atomic E-state index is 0.180. The molecule has 0 bridgehead atoms. The van der Waals surface area contributed by atoms with Crippen LogP contribution in [-0.2, 0) is 4.79 Å². The molecule has 4 rings (SSSR count). The molecule has 1 aromatic carbocycles. The molecule has 0 aliphatic carbocycles. The van der Waals surface area contributed by atoms with Gasteiger partial charge in [-0.2, -0.15) is 4.98 Å². The van der Waals surface area contributed by atoms with E-state index < -0.39 is 0 Å². The van der Waals surface area contributed by atoms with E-state index in [1.54, 1.807) is 12.3 Å². The monoisotopic (exact) mass is 367 g/mol. The lowest BCUT2D eigenvalue weighted by Crippen LogP contribution is -2.51. The van der Waals surface area contributed by atoms with Crippen LogP contribution in [0, 0.1) is 0 Å². The van der Waals surface area contributed by atoms with E-state index in [1.165, 1.54) is 0 Å². The Morgan fingerprint density at radius 2 is 1.85 bits per heavy atom. The zero-order valence-corrected chi connectivity index (χ0v) is 15.4. The van der Waals surface area contributed by atoms with E-state index in [9.17, 15) is 4.79 Å². The number of hydrogen-bond donors (Lipinski definition) is 1. The number of carbonyl (C=O) groups excluding carboxylic acids is 1. The van der Waals surface area contributed by atoms with Crippen LogP contribution in [0.25, 0.3) is 0 Å². The summed E-state index contributed by atoms with van der Waals surface area (Å²) in [4.78, 5) is 25.3. The Bertz CT molecular complexity index is 762. The number of aromatic nitrogens is 2. The highest BCUT2D eigenvalue weighted by Gasteiger charge is 2.26. The Labute approximate surface area is 159 Å². The molecule has 1 aromatic heterocycles. The molecule has 0 spiro atoms. The summed E-state index contributed by atoms with van der Waals surface area (Å²) < 4.78 is 5.82. The van der Waals surface area contributed by atoms with Crippen molar-refractivity contribution in [3.8, 4) is 11.6 Å². The van der Waals surface area contributed by atoms with Crippen molar-refractivity contribution in [2.45, 2.75) is 25.3 Å². The summed E-state index contributed by atoms with van der Waals surface area (Å²) in [5, 5.41) is 2.96. The molecule has 7 heteroatoms. The second kappa shape index (κ2) is 8.35. The second-order valence-corrected chi connectivity index (χ2v) is 6.96.